The maximum Gasteiger partial charge on any atom is 0.341 e. The Bertz CT molecular complexity index is 1150. The predicted octanol–water partition coefficient (Wildman–Crippen LogP) is 6.05. The first-order chi connectivity index (χ1) is 15.6. The van der Waals surface area contributed by atoms with Crippen molar-refractivity contribution in [2.75, 3.05) is 6.61 Å². The van der Waals surface area contributed by atoms with Crippen molar-refractivity contribution in [3.63, 3.8) is 0 Å². The summed E-state index contributed by atoms with van der Waals surface area (Å²) in [6.45, 7) is 3.32. The second-order valence-corrected chi connectivity index (χ2v) is 7.34. The van der Waals surface area contributed by atoms with Gasteiger partial charge in [-0.05, 0) is 31.5 Å². The highest BCUT2D eigenvalue weighted by Crippen LogP contribution is 2.42. The lowest BCUT2D eigenvalue weighted by Crippen LogP contribution is -2.28. The highest BCUT2D eigenvalue weighted by molar-refractivity contribution is 5.94. The molecule has 1 unspecified atom stereocenters. The van der Waals surface area contributed by atoms with Crippen LogP contribution < -0.4 is 4.74 Å². The summed E-state index contributed by atoms with van der Waals surface area (Å²) in [5.74, 6) is -5.56. The molecule has 6 nitrogen and oxygen atoms in total. The summed E-state index contributed by atoms with van der Waals surface area (Å²) < 4.78 is 77.2. The molecule has 0 saturated heterocycles. The maximum absolute atomic E-state index is 14.8. The number of rotatable bonds is 10. The molecular weight excluding hydrogens is 449 g/mol. The summed E-state index contributed by atoms with van der Waals surface area (Å²) in [6, 6.07) is 4.30. The molecule has 1 atom stereocenters. The topological polar surface area (TPSA) is 76.7 Å². The molecule has 0 aliphatic rings. The van der Waals surface area contributed by atoms with Crippen molar-refractivity contribution in [3.8, 4) is 17.0 Å². The minimum Gasteiger partial charge on any atom is -0.493 e. The van der Waals surface area contributed by atoms with Gasteiger partial charge in [0.15, 0.2) is 11.8 Å². The Morgan fingerprint density at radius 3 is 2.55 bits per heavy atom. The highest BCUT2D eigenvalue weighted by atomic mass is 19.3. The van der Waals surface area contributed by atoms with E-state index in [1.54, 1.807) is 13.8 Å². The monoisotopic (exact) mass is 471 g/mol. The molecule has 1 N–H and O–H groups in total. The van der Waals surface area contributed by atoms with Gasteiger partial charge in [0.1, 0.15) is 17.0 Å². The molecule has 3 rings (SSSR count). The lowest BCUT2D eigenvalue weighted by molar-refractivity contribution is -0.0836. The zero-order valence-electron chi connectivity index (χ0n) is 17.9. The van der Waals surface area contributed by atoms with Gasteiger partial charge in [0, 0.05) is 5.56 Å². The number of carbonyl (C=O) groups is 1. The van der Waals surface area contributed by atoms with Gasteiger partial charge in [-0.1, -0.05) is 25.8 Å². The summed E-state index contributed by atoms with van der Waals surface area (Å²) in [4.78, 5) is 15.5. The number of carboxylic acid groups (broad SMARTS) is 1. The summed E-state index contributed by atoms with van der Waals surface area (Å²) in [5, 5.41) is 13.0. The molecule has 0 aliphatic carbocycles. The van der Waals surface area contributed by atoms with Gasteiger partial charge in [-0.15, -0.1) is 0 Å². The van der Waals surface area contributed by atoms with Crippen molar-refractivity contribution in [1.82, 2.24) is 14.6 Å². The van der Waals surface area contributed by atoms with Crippen LogP contribution in [-0.4, -0.2) is 38.5 Å². The number of fused-ring (bicyclic) bond motifs is 1. The maximum atomic E-state index is 14.8. The number of benzene rings is 1. The summed E-state index contributed by atoms with van der Waals surface area (Å²) in [5.41, 5.74) is -2.00. The van der Waals surface area contributed by atoms with Crippen LogP contribution in [0.1, 0.15) is 61.2 Å². The molecule has 178 valence electrons. The molecule has 0 aliphatic heterocycles. The SMILES string of the molecule is CCCCC(F)C(F)(F)c1ccc(-c2cc(C(F)F)n3ncc(C(=O)O)c3n2)cc1OCC. The molecule has 0 fully saturated rings. The van der Waals surface area contributed by atoms with E-state index in [-0.39, 0.29) is 42.1 Å². The molecule has 2 heterocycles. The van der Waals surface area contributed by atoms with Crippen LogP contribution in [0.4, 0.5) is 22.0 Å². The lowest BCUT2D eigenvalue weighted by Gasteiger charge is -2.24. The molecule has 11 heteroatoms. The number of hydrogen-bond donors (Lipinski definition) is 1. The molecule has 0 radical (unpaired) electrons. The summed E-state index contributed by atoms with van der Waals surface area (Å²) >= 11 is 0. The minimum atomic E-state index is -3.83. The fraction of sp³-hybridized carbons (Fsp3) is 0.409. The van der Waals surface area contributed by atoms with Crippen LogP contribution in [0.3, 0.4) is 0 Å². The van der Waals surface area contributed by atoms with Crippen LogP contribution in [0.15, 0.2) is 30.5 Å². The molecule has 1 aromatic carbocycles. The predicted molar refractivity (Wildman–Crippen MR) is 110 cm³/mol. The normalized spacial score (nSPS) is 13.0. The van der Waals surface area contributed by atoms with Crippen molar-refractivity contribution in [2.24, 2.45) is 0 Å². The van der Waals surface area contributed by atoms with Crippen LogP contribution in [-0.2, 0) is 5.92 Å². The van der Waals surface area contributed by atoms with E-state index in [1.807, 2.05) is 0 Å². The molecule has 3 aromatic rings. The van der Waals surface area contributed by atoms with Gasteiger partial charge in [-0.25, -0.2) is 27.5 Å². The first kappa shape index (κ1) is 24.4. The zero-order chi connectivity index (χ0) is 24.3. The van der Waals surface area contributed by atoms with Gasteiger partial charge in [-0.3, -0.25) is 0 Å². The standard InChI is InChI=1S/C22H22F5N3O3/c1-3-5-6-18(23)22(26,27)14-8-7-12(9-17(14)33-4-2)15-10-16(19(24)25)30-20(29-15)13(11-28-30)21(31)32/h7-11,18-19H,3-6H2,1-2H3,(H,31,32). The van der Waals surface area contributed by atoms with E-state index in [1.165, 1.54) is 6.07 Å². The van der Waals surface area contributed by atoms with Gasteiger partial charge >= 0.3 is 11.9 Å². The quantitative estimate of drug-likeness (QED) is 0.364. The van der Waals surface area contributed by atoms with E-state index in [0.29, 0.717) is 10.9 Å². The Labute approximate surface area is 186 Å². The van der Waals surface area contributed by atoms with Crippen molar-refractivity contribution in [3.05, 3.63) is 47.3 Å². The minimum absolute atomic E-state index is 0.00101. The number of aromatic carboxylic acids is 1. The highest BCUT2D eigenvalue weighted by Gasteiger charge is 2.44. The Hall–Kier alpha value is -3.24. The Balaban J connectivity index is 2.14. The van der Waals surface area contributed by atoms with Gasteiger partial charge in [-0.2, -0.15) is 13.9 Å². The molecule has 33 heavy (non-hydrogen) atoms. The molecule has 0 spiro atoms. The summed E-state index contributed by atoms with van der Waals surface area (Å²) in [6.07, 6.45) is -4.03. The van der Waals surface area contributed by atoms with E-state index in [2.05, 4.69) is 10.1 Å². The number of ether oxygens (including phenoxy) is 1. The third-order valence-electron chi connectivity index (χ3n) is 5.09. The van der Waals surface area contributed by atoms with Crippen LogP contribution in [0.2, 0.25) is 0 Å². The van der Waals surface area contributed by atoms with E-state index >= 15 is 0 Å². The largest absolute Gasteiger partial charge is 0.493 e. The zero-order valence-corrected chi connectivity index (χ0v) is 17.9. The molecule has 0 saturated carbocycles. The van der Waals surface area contributed by atoms with Crippen LogP contribution >= 0.6 is 0 Å². The van der Waals surface area contributed by atoms with Gasteiger partial charge in [0.2, 0.25) is 0 Å². The fourth-order valence-electron chi connectivity index (χ4n) is 3.41. The second-order valence-electron chi connectivity index (χ2n) is 7.34. The number of halogens is 5. The van der Waals surface area contributed by atoms with Gasteiger partial charge in [0.25, 0.3) is 6.43 Å². The lowest BCUT2D eigenvalue weighted by atomic mass is 9.97. The third-order valence-corrected chi connectivity index (χ3v) is 5.09. The Kier molecular flexibility index (Phi) is 7.19. The van der Waals surface area contributed by atoms with E-state index in [4.69, 9.17) is 4.74 Å². The van der Waals surface area contributed by atoms with Crippen molar-refractivity contribution >= 4 is 11.6 Å². The second kappa shape index (κ2) is 9.72. The van der Waals surface area contributed by atoms with E-state index < -0.39 is 41.3 Å². The number of unbranched alkanes of at least 4 members (excludes halogenated alkanes) is 1. The Morgan fingerprint density at radius 1 is 1.21 bits per heavy atom. The first-order valence-electron chi connectivity index (χ1n) is 10.3. The average molecular weight is 471 g/mol. The van der Waals surface area contributed by atoms with E-state index in [9.17, 15) is 31.9 Å². The van der Waals surface area contributed by atoms with Gasteiger partial charge < -0.3 is 9.84 Å². The average Bonchev–Trinajstić information content (AvgIpc) is 3.21. The van der Waals surface area contributed by atoms with Crippen molar-refractivity contribution in [1.29, 1.82) is 0 Å². The Morgan fingerprint density at radius 2 is 1.94 bits per heavy atom. The van der Waals surface area contributed by atoms with Gasteiger partial charge in [0.05, 0.1) is 24.1 Å². The fourth-order valence-corrected chi connectivity index (χ4v) is 3.41. The molecular formula is C22H22F5N3O3. The molecule has 0 bridgehead atoms. The van der Waals surface area contributed by atoms with E-state index in [0.717, 1.165) is 24.4 Å². The summed E-state index contributed by atoms with van der Waals surface area (Å²) in [7, 11) is 0. The number of nitrogens with zero attached hydrogens (tertiary/aromatic N) is 3. The molecule has 2 aromatic heterocycles. The van der Waals surface area contributed by atoms with Crippen LogP contribution in [0, 0.1) is 0 Å². The first-order valence-corrected chi connectivity index (χ1v) is 10.3. The third kappa shape index (κ3) is 4.76. The van der Waals surface area contributed by atoms with Crippen LogP contribution in [0.5, 0.6) is 5.75 Å². The van der Waals surface area contributed by atoms with Crippen molar-refractivity contribution in [2.45, 2.75) is 51.6 Å². The number of alkyl halides is 5. The molecule has 0 amide bonds. The number of hydrogen-bond acceptors (Lipinski definition) is 4. The number of carboxylic acids is 1. The van der Waals surface area contributed by atoms with Crippen LogP contribution in [0.25, 0.3) is 16.9 Å². The number of aromatic nitrogens is 3. The smallest absolute Gasteiger partial charge is 0.341 e. The van der Waals surface area contributed by atoms with Crippen molar-refractivity contribution < 1.29 is 36.6 Å².